The maximum atomic E-state index is 12.5. The highest BCUT2D eigenvalue weighted by Gasteiger charge is 2.29. The summed E-state index contributed by atoms with van der Waals surface area (Å²) < 4.78 is 5.52. The molecule has 2 atom stereocenters. The van der Waals surface area contributed by atoms with E-state index in [-0.39, 0.29) is 30.9 Å². The molecule has 0 bridgehead atoms. The topological polar surface area (TPSA) is 105 Å². The van der Waals surface area contributed by atoms with Crippen molar-refractivity contribution >= 4 is 18.0 Å². The third-order valence-corrected chi connectivity index (χ3v) is 5.78. The van der Waals surface area contributed by atoms with E-state index in [1.165, 1.54) is 0 Å². The van der Waals surface area contributed by atoms with Crippen molar-refractivity contribution in [2.75, 3.05) is 6.61 Å². The average Bonchev–Trinajstić information content (AvgIpc) is 3.09. The first kappa shape index (κ1) is 23.3. The number of carboxylic acid groups (broad SMARTS) is 1. The van der Waals surface area contributed by atoms with E-state index in [1.54, 1.807) is 0 Å². The highest BCUT2D eigenvalue weighted by atomic mass is 16.5. The van der Waals surface area contributed by atoms with Crippen LogP contribution >= 0.6 is 0 Å². The minimum absolute atomic E-state index is 0.0451. The maximum absolute atomic E-state index is 12.5. The minimum atomic E-state index is -0.855. The molecule has 3 N–H and O–H groups in total. The average molecular weight is 439 g/mol. The summed E-state index contributed by atoms with van der Waals surface area (Å²) in [7, 11) is 0. The highest BCUT2D eigenvalue weighted by molar-refractivity contribution is 5.86. The summed E-state index contributed by atoms with van der Waals surface area (Å²) in [6, 6.07) is 15.3. The van der Waals surface area contributed by atoms with E-state index in [0.29, 0.717) is 19.3 Å². The molecule has 2 amide bonds. The predicted molar refractivity (Wildman–Crippen MR) is 121 cm³/mol. The van der Waals surface area contributed by atoms with Gasteiger partial charge in [0.15, 0.2) is 0 Å². The van der Waals surface area contributed by atoms with Crippen molar-refractivity contribution in [1.29, 1.82) is 0 Å². The number of carbonyl (C=O) groups excluding carboxylic acids is 2. The number of carbonyl (C=O) groups is 3. The van der Waals surface area contributed by atoms with Crippen LogP contribution in [-0.4, -0.2) is 41.8 Å². The molecule has 0 aromatic heterocycles. The number of hydrogen-bond acceptors (Lipinski definition) is 4. The molecule has 170 valence electrons. The Bertz CT molecular complexity index is 929. The first-order valence-electron chi connectivity index (χ1n) is 11.0. The Hall–Kier alpha value is -3.35. The van der Waals surface area contributed by atoms with E-state index < -0.39 is 18.1 Å². The van der Waals surface area contributed by atoms with E-state index in [4.69, 9.17) is 9.84 Å². The third kappa shape index (κ3) is 5.66. The lowest BCUT2D eigenvalue weighted by atomic mass is 9.98. The van der Waals surface area contributed by atoms with Gasteiger partial charge >= 0.3 is 12.1 Å². The molecule has 0 saturated carbocycles. The normalized spacial score (nSPS) is 14.1. The highest BCUT2D eigenvalue weighted by Crippen LogP contribution is 2.44. The standard InChI is InChI=1S/C25H30N2O5/c1-3-22(24(30)26-16(2)9-8-14-23(28)29)27-25(31)32-15-21-19-12-6-4-10-17(19)18-11-5-7-13-20(18)21/h4-7,10-13,16,21-22H,3,8-9,14-15H2,1-2H3,(H,26,30)(H,27,31)(H,28,29)/t16?,22-/m0/s1. The van der Waals surface area contributed by atoms with Crippen LogP contribution in [0, 0.1) is 0 Å². The van der Waals surface area contributed by atoms with Gasteiger partial charge in [0.05, 0.1) is 0 Å². The summed E-state index contributed by atoms with van der Waals surface area (Å²) in [5, 5.41) is 14.2. The molecule has 1 unspecified atom stereocenters. The number of alkyl carbamates (subject to hydrolysis) is 1. The zero-order valence-corrected chi connectivity index (χ0v) is 18.5. The van der Waals surface area contributed by atoms with Crippen LogP contribution in [0.5, 0.6) is 0 Å². The number of carboxylic acids is 1. The number of aliphatic carboxylic acids is 1. The molecular weight excluding hydrogens is 408 g/mol. The molecule has 7 heteroatoms. The van der Waals surface area contributed by atoms with Crippen molar-refractivity contribution in [2.45, 2.75) is 57.5 Å². The molecule has 0 fully saturated rings. The largest absolute Gasteiger partial charge is 0.481 e. The number of ether oxygens (including phenoxy) is 1. The second-order valence-corrected chi connectivity index (χ2v) is 8.13. The van der Waals surface area contributed by atoms with Crippen molar-refractivity contribution < 1.29 is 24.2 Å². The molecule has 0 saturated heterocycles. The van der Waals surface area contributed by atoms with Crippen LogP contribution in [0.25, 0.3) is 11.1 Å². The van der Waals surface area contributed by atoms with Gasteiger partial charge in [-0.15, -0.1) is 0 Å². The van der Waals surface area contributed by atoms with Crippen molar-refractivity contribution in [1.82, 2.24) is 10.6 Å². The molecule has 1 aliphatic carbocycles. The van der Waals surface area contributed by atoms with E-state index in [2.05, 4.69) is 34.9 Å². The van der Waals surface area contributed by atoms with Gasteiger partial charge in [-0.2, -0.15) is 0 Å². The van der Waals surface area contributed by atoms with Crippen molar-refractivity contribution in [3.8, 4) is 11.1 Å². The molecule has 2 aromatic rings. The molecule has 0 aliphatic heterocycles. The lowest BCUT2D eigenvalue weighted by Crippen LogP contribution is -2.49. The Morgan fingerprint density at radius 1 is 1.00 bits per heavy atom. The fourth-order valence-corrected chi connectivity index (χ4v) is 4.11. The smallest absolute Gasteiger partial charge is 0.407 e. The second-order valence-electron chi connectivity index (χ2n) is 8.13. The lowest BCUT2D eigenvalue weighted by Gasteiger charge is -2.21. The summed E-state index contributed by atoms with van der Waals surface area (Å²) in [5.74, 6) is -1.20. The number of nitrogens with one attached hydrogen (secondary N) is 2. The summed E-state index contributed by atoms with van der Waals surface area (Å²) in [5.41, 5.74) is 4.56. The van der Waals surface area contributed by atoms with E-state index >= 15 is 0 Å². The third-order valence-electron chi connectivity index (χ3n) is 5.78. The lowest BCUT2D eigenvalue weighted by molar-refractivity contribution is -0.137. The second kappa shape index (κ2) is 10.8. The molecule has 1 aliphatic rings. The zero-order valence-electron chi connectivity index (χ0n) is 18.5. The van der Waals surface area contributed by atoms with Crippen LogP contribution in [0.3, 0.4) is 0 Å². The summed E-state index contributed by atoms with van der Waals surface area (Å²) in [6.07, 6.45) is 0.882. The van der Waals surface area contributed by atoms with Crippen LogP contribution in [0.4, 0.5) is 4.79 Å². The number of rotatable bonds is 10. The van der Waals surface area contributed by atoms with Crippen molar-refractivity contribution in [3.63, 3.8) is 0 Å². The quantitative estimate of drug-likeness (QED) is 0.519. The van der Waals surface area contributed by atoms with Crippen molar-refractivity contribution in [2.24, 2.45) is 0 Å². The summed E-state index contributed by atoms with van der Waals surface area (Å²) in [4.78, 5) is 35.6. The van der Waals surface area contributed by atoms with Crippen LogP contribution in [-0.2, 0) is 14.3 Å². The van der Waals surface area contributed by atoms with Crippen LogP contribution in [0.1, 0.15) is 56.6 Å². The molecule has 0 heterocycles. The summed E-state index contributed by atoms with van der Waals surface area (Å²) in [6.45, 7) is 3.81. The fraction of sp³-hybridized carbons (Fsp3) is 0.400. The first-order chi connectivity index (χ1) is 15.4. The van der Waals surface area contributed by atoms with Crippen molar-refractivity contribution in [3.05, 3.63) is 59.7 Å². The monoisotopic (exact) mass is 438 g/mol. The van der Waals surface area contributed by atoms with Gasteiger partial charge in [0.2, 0.25) is 5.91 Å². The molecule has 7 nitrogen and oxygen atoms in total. The van der Waals surface area contributed by atoms with Gasteiger partial charge in [-0.3, -0.25) is 9.59 Å². The number of benzene rings is 2. The van der Waals surface area contributed by atoms with Gasteiger partial charge in [0, 0.05) is 18.4 Å². The van der Waals surface area contributed by atoms with Gasteiger partial charge in [-0.05, 0) is 48.4 Å². The fourth-order valence-electron chi connectivity index (χ4n) is 4.11. The number of amides is 2. The Morgan fingerprint density at radius 3 is 2.16 bits per heavy atom. The molecule has 3 rings (SSSR count). The Labute approximate surface area is 188 Å². The van der Waals surface area contributed by atoms with Crippen LogP contribution < -0.4 is 10.6 Å². The number of fused-ring (bicyclic) bond motifs is 3. The minimum Gasteiger partial charge on any atom is -0.481 e. The Balaban J connectivity index is 1.53. The van der Waals surface area contributed by atoms with E-state index in [1.807, 2.05) is 38.1 Å². The molecule has 2 aromatic carbocycles. The summed E-state index contributed by atoms with van der Waals surface area (Å²) >= 11 is 0. The molecule has 0 radical (unpaired) electrons. The SMILES string of the molecule is CC[C@H](NC(=O)OCC1c2ccccc2-c2ccccc21)C(=O)NC(C)CCCC(=O)O. The molecule has 32 heavy (non-hydrogen) atoms. The molecular formula is C25H30N2O5. The van der Waals surface area contributed by atoms with E-state index in [0.717, 1.165) is 22.3 Å². The van der Waals surface area contributed by atoms with E-state index in [9.17, 15) is 14.4 Å². The number of hydrogen-bond donors (Lipinski definition) is 3. The first-order valence-corrected chi connectivity index (χ1v) is 11.0. The van der Waals surface area contributed by atoms with Gasteiger partial charge in [0.25, 0.3) is 0 Å². The predicted octanol–water partition coefficient (Wildman–Crippen LogP) is 4.06. The van der Waals surface area contributed by atoms with Gasteiger partial charge in [-0.1, -0.05) is 55.5 Å². The zero-order chi connectivity index (χ0) is 23.1. The van der Waals surface area contributed by atoms with Gasteiger partial charge in [-0.25, -0.2) is 4.79 Å². The maximum Gasteiger partial charge on any atom is 0.407 e. The Morgan fingerprint density at radius 2 is 1.59 bits per heavy atom. The van der Waals surface area contributed by atoms with Crippen LogP contribution in [0.2, 0.25) is 0 Å². The van der Waals surface area contributed by atoms with Crippen LogP contribution in [0.15, 0.2) is 48.5 Å². The molecule has 0 spiro atoms. The van der Waals surface area contributed by atoms with Gasteiger partial charge in [0.1, 0.15) is 12.6 Å². The van der Waals surface area contributed by atoms with Gasteiger partial charge < -0.3 is 20.5 Å². The Kier molecular flexibility index (Phi) is 7.87.